The topological polar surface area (TPSA) is 84.1 Å². The summed E-state index contributed by atoms with van der Waals surface area (Å²) in [5.74, 6) is 0.742. The van der Waals surface area contributed by atoms with Gasteiger partial charge in [-0.1, -0.05) is 11.8 Å². The molecule has 0 saturated carbocycles. The monoisotopic (exact) mass is 182 g/mol. The maximum absolute atomic E-state index is 10.8. The van der Waals surface area contributed by atoms with Gasteiger partial charge in [0.25, 0.3) is 5.91 Å². The molecule has 6 heteroatoms. The summed E-state index contributed by atoms with van der Waals surface area (Å²) in [6.07, 6.45) is 1.57. The van der Waals surface area contributed by atoms with Gasteiger partial charge < -0.3 is 5.73 Å². The molecule has 2 heterocycles. The highest BCUT2D eigenvalue weighted by Gasteiger charge is 2.19. The molecule has 12 heavy (non-hydrogen) atoms. The second-order valence-corrected chi connectivity index (χ2v) is 3.26. The van der Waals surface area contributed by atoms with Crippen LogP contribution >= 0.6 is 11.8 Å². The van der Waals surface area contributed by atoms with Gasteiger partial charge in [0.05, 0.1) is 17.5 Å². The number of carbonyl (C=O) groups is 1. The number of H-pyrrole nitrogens is 1. The number of amides is 1. The number of nitrogen functional groups attached to an aromatic ring is 1. The summed E-state index contributed by atoms with van der Waals surface area (Å²) >= 11 is 1.38. The Morgan fingerprint density at radius 1 is 1.67 bits per heavy atom. The first kappa shape index (κ1) is 7.35. The van der Waals surface area contributed by atoms with Gasteiger partial charge in [-0.05, 0) is 0 Å². The first-order valence-corrected chi connectivity index (χ1v) is 4.29. The number of nitrogens with two attached hydrogens (primary N) is 1. The lowest BCUT2D eigenvalue weighted by Gasteiger charge is -1.93. The molecule has 0 atom stereocenters. The summed E-state index contributed by atoms with van der Waals surface area (Å²) in [6, 6.07) is 0. The number of hydrogen-bond donors (Lipinski definition) is 2. The summed E-state index contributed by atoms with van der Waals surface area (Å²) in [7, 11) is 0. The summed E-state index contributed by atoms with van der Waals surface area (Å²) in [4.78, 5) is 14.6. The van der Waals surface area contributed by atoms with E-state index in [9.17, 15) is 4.79 Å². The van der Waals surface area contributed by atoms with Crippen LogP contribution in [0.15, 0.2) is 11.2 Å². The lowest BCUT2D eigenvalue weighted by molar-refractivity contribution is -0.115. The number of aromatic amines is 1. The van der Waals surface area contributed by atoms with E-state index in [4.69, 9.17) is 5.73 Å². The second-order valence-electron chi connectivity index (χ2n) is 2.30. The quantitative estimate of drug-likeness (QED) is 0.640. The van der Waals surface area contributed by atoms with Crippen molar-refractivity contribution in [2.75, 3.05) is 11.5 Å². The molecule has 0 bridgehead atoms. The van der Waals surface area contributed by atoms with E-state index in [1.165, 1.54) is 11.8 Å². The molecule has 0 radical (unpaired) electrons. The summed E-state index contributed by atoms with van der Waals surface area (Å²) in [5, 5.41) is 6.98. The Morgan fingerprint density at radius 2 is 2.50 bits per heavy atom. The van der Waals surface area contributed by atoms with Crippen LogP contribution in [0.25, 0.3) is 0 Å². The minimum atomic E-state index is -0.115. The number of anilines is 1. The normalized spacial score (nSPS) is 16.7. The van der Waals surface area contributed by atoms with E-state index in [-0.39, 0.29) is 5.91 Å². The molecule has 0 unspecified atom stereocenters. The molecule has 2 rings (SSSR count). The Bertz CT molecular complexity index is 356. The van der Waals surface area contributed by atoms with Crippen molar-refractivity contribution < 1.29 is 4.79 Å². The van der Waals surface area contributed by atoms with E-state index in [2.05, 4.69) is 15.2 Å². The average molecular weight is 182 g/mol. The molecule has 0 aromatic carbocycles. The van der Waals surface area contributed by atoms with E-state index in [1.54, 1.807) is 6.20 Å². The molecule has 0 spiro atoms. The smallest absolute Gasteiger partial charge is 0.257 e. The van der Waals surface area contributed by atoms with Crippen LogP contribution in [0, 0.1) is 0 Å². The van der Waals surface area contributed by atoms with Gasteiger partial charge in [-0.15, -0.1) is 0 Å². The first-order chi connectivity index (χ1) is 5.77. The van der Waals surface area contributed by atoms with Crippen LogP contribution in [-0.2, 0) is 4.79 Å². The maximum atomic E-state index is 10.8. The zero-order valence-corrected chi connectivity index (χ0v) is 6.89. The van der Waals surface area contributed by atoms with Crippen LogP contribution in [-0.4, -0.2) is 26.9 Å². The Balaban J connectivity index is 2.38. The first-order valence-electron chi connectivity index (χ1n) is 3.31. The van der Waals surface area contributed by atoms with Crippen LogP contribution in [0.5, 0.6) is 0 Å². The average Bonchev–Trinajstić information content (AvgIpc) is 2.58. The third-order valence-corrected chi connectivity index (χ3v) is 2.43. The Kier molecular flexibility index (Phi) is 1.61. The Hall–Kier alpha value is -1.30. The Morgan fingerprint density at radius 3 is 3.00 bits per heavy atom. The van der Waals surface area contributed by atoms with Gasteiger partial charge in [-0.3, -0.25) is 9.89 Å². The van der Waals surface area contributed by atoms with Gasteiger partial charge in [0.15, 0.2) is 0 Å². The summed E-state index contributed by atoms with van der Waals surface area (Å²) in [5.41, 5.74) is 6.26. The standard InChI is InChI=1S/C6H6N4OS/c7-5-3(1-8-10-5)6-9-4(11)2-12-6/h1H,2H2,(H3,7,8,10). The molecular formula is C6H6N4OS. The third kappa shape index (κ3) is 1.10. The molecule has 1 amide bonds. The molecule has 62 valence electrons. The number of carbonyl (C=O) groups excluding carboxylic acids is 1. The fraction of sp³-hybridized carbons (Fsp3) is 0.167. The predicted octanol–water partition coefficient (Wildman–Crippen LogP) is 0.0119. The van der Waals surface area contributed by atoms with Gasteiger partial charge in [0.1, 0.15) is 10.9 Å². The number of thioether (sulfide) groups is 1. The van der Waals surface area contributed by atoms with Gasteiger partial charge in [0, 0.05) is 0 Å². The van der Waals surface area contributed by atoms with Gasteiger partial charge >= 0.3 is 0 Å². The van der Waals surface area contributed by atoms with Crippen molar-refractivity contribution in [3.63, 3.8) is 0 Å². The van der Waals surface area contributed by atoms with Crippen molar-refractivity contribution in [2.24, 2.45) is 4.99 Å². The van der Waals surface area contributed by atoms with Crippen LogP contribution in [0.2, 0.25) is 0 Å². The summed E-state index contributed by atoms with van der Waals surface area (Å²) < 4.78 is 0. The molecule has 1 aromatic rings. The van der Waals surface area contributed by atoms with Crippen LogP contribution in [0.1, 0.15) is 5.56 Å². The maximum Gasteiger partial charge on any atom is 0.257 e. The van der Waals surface area contributed by atoms with Crippen molar-refractivity contribution in [3.8, 4) is 0 Å². The number of nitrogens with one attached hydrogen (secondary N) is 1. The number of rotatable bonds is 1. The van der Waals surface area contributed by atoms with Crippen molar-refractivity contribution in [2.45, 2.75) is 0 Å². The van der Waals surface area contributed by atoms with Crippen LogP contribution < -0.4 is 5.73 Å². The van der Waals surface area contributed by atoms with Gasteiger partial charge in [-0.2, -0.15) is 5.10 Å². The zero-order chi connectivity index (χ0) is 8.55. The van der Waals surface area contributed by atoms with Crippen molar-refractivity contribution in [1.29, 1.82) is 0 Å². The molecule has 0 fully saturated rings. The molecule has 3 N–H and O–H groups in total. The highest BCUT2D eigenvalue weighted by molar-refractivity contribution is 8.15. The minimum absolute atomic E-state index is 0.115. The molecule has 1 aromatic heterocycles. The Labute approximate surface area is 72.4 Å². The molecule has 1 aliphatic rings. The second kappa shape index (κ2) is 2.63. The van der Waals surface area contributed by atoms with E-state index in [0.29, 0.717) is 22.2 Å². The number of hydrogen-bond acceptors (Lipinski definition) is 4. The van der Waals surface area contributed by atoms with Crippen molar-refractivity contribution in [3.05, 3.63) is 11.8 Å². The predicted molar refractivity (Wildman–Crippen MR) is 47.0 cm³/mol. The van der Waals surface area contributed by atoms with Gasteiger partial charge in [-0.25, -0.2) is 4.99 Å². The highest BCUT2D eigenvalue weighted by Crippen LogP contribution is 2.22. The number of aliphatic imine (C=N–C) groups is 1. The largest absolute Gasteiger partial charge is 0.383 e. The highest BCUT2D eigenvalue weighted by atomic mass is 32.2. The lowest BCUT2D eigenvalue weighted by atomic mass is 10.3. The van der Waals surface area contributed by atoms with Crippen LogP contribution in [0.3, 0.4) is 0 Å². The van der Waals surface area contributed by atoms with Crippen molar-refractivity contribution >= 4 is 28.5 Å². The fourth-order valence-electron chi connectivity index (χ4n) is 0.912. The lowest BCUT2D eigenvalue weighted by Crippen LogP contribution is -1.96. The molecule has 0 saturated heterocycles. The zero-order valence-electron chi connectivity index (χ0n) is 6.07. The van der Waals surface area contributed by atoms with Crippen LogP contribution in [0.4, 0.5) is 5.82 Å². The molecule has 5 nitrogen and oxygen atoms in total. The number of nitrogens with zero attached hydrogens (tertiary/aromatic N) is 2. The minimum Gasteiger partial charge on any atom is -0.383 e. The van der Waals surface area contributed by atoms with Crippen molar-refractivity contribution in [1.82, 2.24) is 10.2 Å². The molecule has 1 aliphatic heterocycles. The van der Waals surface area contributed by atoms with E-state index in [0.717, 1.165) is 0 Å². The fourth-order valence-corrected chi connectivity index (χ4v) is 1.72. The summed E-state index contributed by atoms with van der Waals surface area (Å²) in [6.45, 7) is 0. The molecule has 0 aliphatic carbocycles. The number of aromatic nitrogens is 2. The molecular weight excluding hydrogens is 176 g/mol. The van der Waals surface area contributed by atoms with E-state index < -0.39 is 0 Å². The third-order valence-electron chi connectivity index (χ3n) is 1.46. The van der Waals surface area contributed by atoms with E-state index in [1.807, 2.05) is 0 Å². The SMILES string of the molecule is Nc1[nH]ncc1C1=NC(=O)CS1. The van der Waals surface area contributed by atoms with E-state index >= 15 is 0 Å². The van der Waals surface area contributed by atoms with Gasteiger partial charge in [0.2, 0.25) is 0 Å².